The Hall–Kier alpha value is -3.50. The van der Waals surface area contributed by atoms with Gasteiger partial charge in [0.15, 0.2) is 0 Å². The van der Waals surface area contributed by atoms with Crippen LogP contribution in [0.1, 0.15) is 25.0 Å². The van der Waals surface area contributed by atoms with Crippen LogP contribution < -0.4 is 10.2 Å². The van der Waals surface area contributed by atoms with Crippen molar-refractivity contribution in [3.05, 3.63) is 65.6 Å². The smallest absolute Gasteiger partial charge is 0.369 e. The van der Waals surface area contributed by atoms with Crippen LogP contribution in [0.3, 0.4) is 0 Å². The van der Waals surface area contributed by atoms with Crippen molar-refractivity contribution >= 4 is 16.6 Å². The van der Waals surface area contributed by atoms with E-state index in [1.54, 1.807) is 7.05 Å². The van der Waals surface area contributed by atoms with E-state index in [0.29, 0.717) is 16.6 Å². The van der Waals surface area contributed by atoms with Crippen LogP contribution in [0.4, 0.5) is 23.2 Å². The van der Waals surface area contributed by atoms with Gasteiger partial charge in [0.1, 0.15) is 11.5 Å². The van der Waals surface area contributed by atoms with Gasteiger partial charge in [0.05, 0.1) is 23.0 Å². The first-order chi connectivity index (χ1) is 18.2. The summed E-state index contributed by atoms with van der Waals surface area (Å²) in [7, 11) is 3.69. The van der Waals surface area contributed by atoms with Gasteiger partial charge in [0.2, 0.25) is 0 Å². The second kappa shape index (κ2) is 11.5. The van der Waals surface area contributed by atoms with E-state index in [9.17, 15) is 13.2 Å². The fourth-order valence-corrected chi connectivity index (χ4v) is 4.62. The molecule has 4 aromatic rings. The van der Waals surface area contributed by atoms with Crippen LogP contribution in [0.2, 0.25) is 0 Å². The standard InChI is InChI=1S/C26H26F4N6.C2H6/c1-31-14-16-11-20(26(28,29)30)24(21(27)12-16)22-13-19-23(15-32-22)33-34-25(19)17-3-5-18(6-4-17)36-9-7-35(2)8-10-36;1-2/h3-6,11-13,15,31H,7-10,14H2,1-2H3,(H,33,34);1-2H3. The molecular weight excluding hydrogens is 496 g/mol. The molecule has 1 fully saturated rings. The van der Waals surface area contributed by atoms with Crippen molar-refractivity contribution in [3.63, 3.8) is 0 Å². The molecular formula is C28H32F4N6. The zero-order chi connectivity index (χ0) is 27.4. The lowest BCUT2D eigenvalue weighted by Crippen LogP contribution is -2.44. The van der Waals surface area contributed by atoms with Crippen LogP contribution in [0.25, 0.3) is 33.4 Å². The molecule has 2 aromatic heterocycles. The van der Waals surface area contributed by atoms with Crippen molar-refractivity contribution in [2.75, 3.05) is 45.2 Å². The normalized spacial score (nSPS) is 14.5. The maximum Gasteiger partial charge on any atom is 0.417 e. The number of aromatic amines is 1. The number of rotatable bonds is 5. The fraction of sp³-hybridized carbons (Fsp3) is 0.357. The summed E-state index contributed by atoms with van der Waals surface area (Å²) in [6.45, 7) is 7.98. The number of hydrogen-bond donors (Lipinski definition) is 2. The number of halogens is 4. The summed E-state index contributed by atoms with van der Waals surface area (Å²) >= 11 is 0. The number of alkyl halides is 3. The molecule has 0 radical (unpaired) electrons. The van der Waals surface area contributed by atoms with Crippen LogP contribution >= 0.6 is 0 Å². The van der Waals surface area contributed by atoms with E-state index in [2.05, 4.69) is 37.3 Å². The number of nitrogens with zero attached hydrogens (tertiary/aromatic N) is 4. The van der Waals surface area contributed by atoms with E-state index in [1.807, 2.05) is 38.1 Å². The molecule has 1 saturated heterocycles. The van der Waals surface area contributed by atoms with Crippen LogP contribution in [-0.4, -0.2) is 60.4 Å². The number of benzene rings is 2. The topological polar surface area (TPSA) is 60.1 Å². The van der Waals surface area contributed by atoms with Crippen molar-refractivity contribution < 1.29 is 17.6 Å². The SMILES string of the molecule is CC.CNCc1cc(F)c(-c2cc3c(-c4ccc(N5CCN(C)CC5)cc4)n[nH]c3cn2)c(C(F)(F)F)c1. The second-order valence-corrected chi connectivity index (χ2v) is 9.05. The summed E-state index contributed by atoms with van der Waals surface area (Å²) in [5.74, 6) is -0.969. The molecule has 3 heterocycles. The van der Waals surface area contributed by atoms with Crippen LogP contribution in [0.15, 0.2) is 48.7 Å². The van der Waals surface area contributed by atoms with Gasteiger partial charge < -0.3 is 15.1 Å². The minimum atomic E-state index is -4.74. The largest absolute Gasteiger partial charge is 0.417 e. The first-order valence-electron chi connectivity index (χ1n) is 12.7. The number of fused-ring (bicyclic) bond motifs is 1. The highest BCUT2D eigenvalue weighted by molar-refractivity contribution is 5.95. The number of hydrogen-bond acceptors (Lipinski definition) is 5. The molecule has 0 aliphatic carbocycles. The second-order valence-electron chi connectivity index (χ2n) is 9.05. The lowest BCUT2D eigenvalue weighted by Gasteiger charge is -2.34. The molecule has 38 heavy (non-hydrogen) atoms. The Bertz CT molecular complexity index is 1370. The van der Waals surface area contributed by atoms with E-state index < -0.39 is 23.1 Å². The molecule has 0 atom stereocenters. The molecule has 0 saturated carbocycles. The molecule has 6 nitrogen and oxygen atoms in total. The Morgan fingerprint density at radius 2 is 1.68 bits per heavy atom. The molecule has 5 rings (SSSR count). The monoisotopic (exact) mass is 528 g/mol. The van der Waals surface area contributed by atoms with E-state index in [-0.39, 0.29) is 17.8 Å². The number of likely N-dealkylation sites (N-methyl/N-ethyl adjacent to an activating group) is 1. The van der Waals surface area contributed by atoms with E-state index in [4.69, 9.17) is 0 Å². The zero-order valence-corrected chi connectivity index (χ0v) is 22.0. The zero-order valence-electron chi connectivity index (χ0n) is 22.0. The third kappa shape index (κ3) is 5.66. The van der Waals surface area contributed by atoms with Gasteiger partial charge in [0, 0.05) is 54.9 Å². The fourth-order valence-electron chi connectivity index (χ4n) is 4.62. The number of piperazine rings is 1. The minimum absolute atomic E-state index is 0.0972. The van der Waals surface area contributed by atoms with Gasteiger partial charge in [-0.15, -0.1) is 0 Å². The van der Waals surface area contributed by atoms with Gasteiger partial charge in [0.25, 0.3) is 0 Å². The molecule has 2 aromatic carbocycles. The Morgan fingerprint density at radius 1 is 1.00 bits per heavy atom. The van der Waals surface area contributed by atoms with Crippen molar-refractivity contribution in [2.24, 2.45) is 0 Å². The number of nitrogens with one attached hydrogen (secondary N) is 2. The quantitative estimate of drug-likeness (QED) is 0.314. The number of H-pyrrole nitrogens is 1. The van der Waals surface area contributed by atoms with Crippen molar-refractivity contribution in [1.29, 1.82) is 0 Å². The third-order valence-electron chi connectivity index (χ3n) is 6.55. The summed E-state index contributed by atoms with van der Waals surface area (Å²) in [4.78, 5) is 8.74. The maximum absolute atomic E-state index is 15.0. The predicted molar refractivity (Wildman–Crippen MR) is 144 cm³/mol. The Kier molecular flexibility index (Phi) is 8.32. The summed E-state index contributed by atoms with van der Waals surface area (Å²) in [6.07, 6.45) is -3.35. The minimum Gasteiger partial charge on any atom is -0.369 e. The lowest BCUT2D eigenvalue weighted by molar-refractivity contribution is -0.137. The summed E-state index contributed by atoms with van der Waals surface area (Å²) in [6, 6.07) is 11.5. The number of anilines is 1. The van der Waals surface area contributed by atoms with Gasteiger partial charge in [-0.25, -0.2) is 4.39 Å². The molecule has 0 unspecified atom stereocenters. The average Bonchev–Trinajstić information content (AvgIpc) is 3.33. The van der Waals surface area contributed by atoms with Gasteiger partial charge in [-0.3, -0.25) is 10.1 Å². The van der Waals surface area contributed by atoms with Crippen molar-refractivity contribution in [2.45, 2.75) is 26.6 Å². The molecule has 0 bridgehead atoms. The highest BCUT2D eigenvalue weighted by atomic mass is 19.4. The number of pyridine rings is 1. The Balaban J connectivity index is 0.00000164. The molecule has 2 N–H and O–H groups in total. The van der Waals surface area contributed by atoms with Crippen LogP contribution in [0, 0.1) is 5.82 Å². The van der Waals surface area contributed by atoms with Gasteiger partial charge in [-0.1, -0.05) is 26.0 Å². The summed E-state index contributed by atoms with van der Waals surface area (Å²) < 4.78 is 56.8. The van der Waals surface area contributed by atoms with E-state index in [1.165, 1.54) is 12.3 Å². The molecule has 10 heteroatoms. The van der Waals surface area contributed by atoms with Crippen molar-refractivity contribution in [3.8, 4) is 22.5 Å². The average molecular weight is 529 g/mol. The molecule has 0 spiro atoms. The van der Waals surface area contributed by atoms with Gasteiger partial charge >= 0.3 is 6.18 Å². The Labute approximate surface area is 219 Å². The molecule has 1 aliphatic rings. The summed E-state index contributed by atoms with van der Waals surface area (Å²) in [5, 5.41) is 10.6. The van der Waals surface area contributed by atoms with Crippen LogP contribution in [0.5, 0.6) is 0 Å². The highest BCUT2D eigenvalue weighted by Gasteiger charge is 2.36. The first-order valence-corrected chi connectivity index (χ1v) is 12.7. The third-order valence-corrected chi connectivity index (χ3v) is 6.55. The first kappa shape index (κ1) is 27.5. The maximum atomic E-state index is 15.0. The lowest BCUT2D eigenvalue weighted by atomic mass is 9.98. The molecule has 1 aliphatic heterocycles. The number of aromatic nitrogens is 3. The van der Waals surface area contributed by atoms with Gasteiger partial charge in [-0.05, 0) is 50.0 Å². The van der Waals surface area contributed by atoms with E-state index >= 15 is 4.39 Å². The predicted octanol–water partition coefficient (Wildman–Crippen LogP) is 5.95. The highest BCUT2D eigenvalue weighted by Crippen LogP contribution is 2.40. The van der Waals surface area contributed by atoms with E-state index in [0.717, 1.165) is 49.6 Å². The summed E-state index contributed by atoms with van der Waals surface area (Å²) in [5.41, 5.74) is 1.52. The van der Waals surface area contributed by atoms with Gasteiger partial charge in [-0.2, -0.15) is 18.3 Å². The van der Waals surface area contributed by atoms with Crippen molar-refractivity contribution in [1.82, 2.24) is 25.4 Å². The van der Waals surface area contributed by atoms with Crippen LogP contribution in [-0.2, 0) is 12.7 Å². The molecule has 202 valence electrons. The molecule has 0 amide bonds. The Morgan fingerprint density at radius 3 is 2.32 bits per heavy atom.